The normalized spacial score (nSPS) is 10.6. The van der Waals surface area contributed by atoms with Crippen LogP contribution >= 0.6 is 28.1 Å². The number of aliphatic carboxylic acids is 1. The molecule has 3 rings (SSSR count). The molecule has 0 aliphatic rings. The Morgan fingerprint density at radius 1 is 1.20 bits per heavy atom. The van der Waals surface area contributed by atoms with Crippen LogP contribution in [0.1, 0.15) is 5.56 Å². The van der Waals surface area contributed by atoms with Crippen molar-refractivity contribution in [3.05, 3.63) is 64.6 Å². The first-order valence-electron chi connectivity index (χ1n) is 7.58. The van der Waals surface area contributed by atoms with E-state index in [1.807, 2.05) is 54.6 Å². The number of carboxylic acids is 1. The van der Waals surface area contributed by atoms with Crippen LogP contribution in [0.5, 0.6) is 0 Å². The summed E-state index contributed by atoms with van der Waals surface area (Å²) >= 11 is 9.04. The van der Waals surface area contributed by atoms with E-state index >= 15 is 0 Å². The van der Waals surface area contributed by atoms with Crippen LogP contribution in [0.25, 0.3) is 22.2 Å². The van der Waals surface area contributed by atoms with Crippen LogP contribution in [0.3, 0.4) is 0 Å². The summed E-state index contributed by atoms with van der Waals surface area (Å²) in [5, 5.41) is 9.93. The summed E-state index contributed by atoms with van der Waals surface area (Å²) in [6.45, 7) is -0.155. The van der Waals surface area contributed by atoms with E-state index in [0.717, 1.165) is 32.2 Å². The molecule has 1 heterocycles. The summed E-state index contributed by atoms with van der Waals surface area (Å²) in [5.74, 6) is -0.923. The fraction of sp³-hybridized carbons (Fsp3) is 0.105. The number of likely N-dealkylation sites (N-methyl/N-ethyl adjacent to an activating group) is 1. The number of benzene rings is 2. The molecule has 3 aromatic rings. The first-order chi connectivity index (χ1) is 12.0. The third kappa shape index (κ3) is 3.86. The molecule has 0 radical (unpaired) electrons. The molecule has 0 atom stereocenters. The molecule has 0 bridgehead atoms. The third-order valence-electron chi connectivity index (χ3n) is 3.79. The lowest BCUT2D eigenvalue weighted by atomic mass is 10.0. The Kier molecular flexibility index (Phi) is 5.11. The number of fused-ring (bicyclic) bond motifs is 1. The van der Waals surface area contributed by atoms with E-state index in [2.05, 4.69) is 15.9 Å². The molecule has 1 N–H and O–H groups in total. The number of nitrogens with zero attached hydrogens (tertiary/aromatic N) is 2. The van der Waals surface area contributed by atoms with E-state index < -0.39 is 5.97 Å². The Labute approximate surface area is 159 Å². The maximum atomic E-state index is 11.0. The molecule has 0 unspecified atom stereocenters. The van der Waals surface area contributed by atoms with Crippen molar-refractivity contribution in [2.24, 2.45) is 0 Å². The fourth-order valence-corrected chi connectivity index (χ4v) is 3.21. The summed E-state index contributed by atoms with van der Waals surface area (Å²) < 4.78 is 0.916. The van der Waals surface area contributed by atoms with Gasteiger partial charge in [0.2, 0.25) is 0 Å². The number of carboxylic acid groups (broad SMARTS) is 1. The molecule has 0 amide bonds. The minimum Gasteiger partial charge on any atom is -0.480 e. The summed E-state index contributed by atoms with van der Waals surface area (Å²) in [7, 11) is 1.68. The van der Waals surface area contributed by atoms with Gasteiger partial charge in [-0.2, -0.15) is 0 Å². The number of hydrogen-bond donors (Lipinski definition) is 1. The third-order valence-corrected chi connectivity index (χ3v) is 4.81. The summed E-state index contributed by atoms with van der Waals surface area (Å²) in [4.78, 5) is 17.8. The van der Waals surface area contributed by atoms with Gasteiger partial charge in [-0.25, -0.2) is 4.98 Å². The smallest absolute Gasteiger partial charge is 0.323 e. The minimum atomic E-state index is -0.923. The second-order valence-corrected chi connectivity index (χ2v) is 6.94. The highest BCUT2D eigenvalue weighted by molar-refractivity contribution is 9.10. The highest BCUT2D eigenvalue weighted by atomic mass is 79.9. The zero-order valence-electron chi connectivity index (χ0n) is 13.4. The lowest BCUT2D eigenvalue weighted by Gasteiger charge is -2.20. The van der Waals surface area contributed by atoms with E-state index in [-0.39, 0.29) is 6.54 Å². The number of hydrogen-bond acceptors (Lipinski definition) is 3. The van der Waals surface area contributed by atoms with Gasteiger partial charge < -0.3 is 10.0 Å². The number of halogens is 1. The van der Waals surface area contributed by atoms with E-state index in [1.165, 1.54) is 0 Å². The van der Waals surface area contributed by atoms with Crippen molar-refractivity contribution in [3.63, 3.8) is 0 Å². The monoisotopic (exact) mass is 414 g/mol. The number of rotatable bonds is 4. The first kappa shape index (κ1) is 17.5. The zero-order chi connectivity index (χ0) is 18.0. The molecular formula is C19H15BrN2O2S. The van der Waals surface area contributed by atoms with Gasteiger partial charge in [-0.15, -0.1) is 0 Å². The molecule has 25 heavy (non-hydrogen) atoms. The van der Waals surface area contributed by atoms with Gasteiger partial charge in [0, 0.05) is 28.0 Å². The van der Waals surface area contributed by atoms with Gasteiger partial charge in [0.05, 0.1) is 11.2 Å². The fourth-order valence-electron chi connectivity index (χ4n) is 2.61. The summed E-state index contributed by atoms with van der Waals surface area (Å²) in [6.07, 6.45) is 0. The average Bonchev–Trinajstić information content (AvgIpc) is 2.60. The van der Waals surface area contributed by atoms with Crippen molar-refractivity contribution >= 4 is 50.0 Å². The molecule has 6 heteroatoms. The van der Waals surface area contributed by atoms with E-state index in [0.29, 0.717) is 4.99 Å². The largest absolute Gasteiger partial charge is 0.480 e. The number of thiocarbonyl (C=S) groups is 1. The summed E-state index contributed by atoms with van der Waals surface area (Å²) in [5.41, 5.74) is 3.39. The maximum Gasteiger partial charge on any atom is 0.323 e. The molecule has 0 fully saturated rings. The Morgan fingerprint density at radius 3 is 2.60 bits per heavy atom. The van der Waals surface area contributed by atoms with Gasteiger partial charge in [-0.1, -0.05) is 58.5 Å². The lowest BCUT2D eigenvalue weighted by Crippen LogP contribution is -2.31. The van der Waals surface area contributed by atoms with Crippen molar-refractivity contribution in [2.45, 2.75) is 0 Å². The number of carbonyl (C=O) groups is 1. The van der Waals surface area contributed by atoms with E-state index in [4.69, 9.17) is 22.3 Å². The van der Waals surface area contributed by atoms with Crippen LogP contribution in [-0.4, -0.2) is 39.5 Å². The molecule has 0 saturated heterocycles. The van der Waals surface area contributed by atoms with Crippen LogP contribution < -0.4 is 0 Å². The van der Waals surface area contributed by atoms with Crippen LogP contribution in [0, 0.1) is 0 Å². The summed E-state index contributed by atoms with van der Waals surface area (Å²) in [6, 6.07) is 17.6. The predicted molar refractivity (Wildman–Crippen MR) is 107 cm³/mol. The molecule has 0 spiro atoms. The van der Waals surface area contributed by atoms with Gasteiger partial charge in [-0.05, 0) is 24.3 Å². The van der Waals surface area contributed by atoms with Crippen LogP contribution in [0.4, 0.5) is 0 Å². The standard InChI is InChI=1S/C19H15BrN2O2S/c1-22(11-18(23)24)19(25)15-10-17(12-5-3-2-4-6-12)21-16-8-7-13(20)9-14(15)16/h2-10H,11H2,1H3,(H,23,24). The number of pyridine rings is 1. The highest BCUT2D eigenvalue weighted by Gasteiger charge is 2.16. The Balaban J connectivity index is 2.19. The van der Waals surface area contributed by atoms with Crippen molar-refractivity contribution in [2.75, 3.05) is 13.6 Å². The molecule has 0 aliphatic heterocycles. The van der Waals surface area contributed by atoms with E-state index in [9.17, 15) is 4.79 Å². The number of aromatic nitrogens is 1. The van der Waals surface area contributed by atoms with Gasteiger partial charge in [-0.3, -0.25) is 4.79 Å². The van der Waals surface area contributed by atoms with Gasteiger partial charge in [0.1, 0.15) is 11.5 Å². The van der Waals surface area contributed by atoms with Crippen molar-refractivity contribution in [3.8, 4) is 11.3 Å². The Bertz CT molecular complexity index is 960. The van der Waals surface area contributed by atoms with Crippen LogP contribution in [0.2, 0.25) is 0 Å². The predicted octanol–water partition coefficient (Wildman–Crippen LogP) is 4.36. The maximum absolute atomic E-state index is 11.0. The van der Waals surface area contributed by atoms with Crippen molar-refractivity contribution in [1.29, 1.82) is 0 Å². The van der Waals surface area contributed by atoms with Gasteiger partial charge >= 0.3 is 5.97 Å². The quantitative estimate of drug-likeness (QED) is 0.642. The van der Waals surface area contributed by atoms with E-state index in [1.54, 1.807) is 11.9 Å². The molecular weight excluding hydrogens is 400 g/mol. The van der Waals surface area contributed by atoms with Gasteiger partial charge in [0.15, 0.2) is 0 Å². The second kappa shape index (κ2) is 7.29. The van der Waals surface area contributed by atoms with Crippen molar-refractivity contribution in [1.82, 2.24) is 9.88 Å². The highest BCUT2D eigenvalue weighted by Crippen LogP contribution is 2.28. The first-order valence-corrected chi connectivity index (χ1v) is 8.79. The topological polar surface area (TPSA) is 53.4 Å². The Hall–Kier alpha value is -2.31. The molecule has 126 valence electrons. The molecule has 0 aliphatic carbocycles. The second-order valence-electron chi connectivity index (χ2n) is 5.64. The van der Waals surface area contributed by atoms with Crippen LogP contribution in [-0.2, 0) is 4.79 Å². The van der Waals surface area contributed by atoms with Crippen LogP contribution in [0.15, 0.2) is 59.1 Å². The zero-order valence-corrected chi connectivity index (χ0v) is 15.8. The average molecular weight is 415 g/mol. The molecule has 0 saturated carbocycles. The molecule has 2 aromatic carbocycles. The molecule has 4 nitrogen and oxygen atoms in total. The molecule has 1 aromatic heterocycles. The Morgan fingerprint density at radius 2 is 1.92 bits per heavy atom. The van der Waals surface area contributed by atoms with Crippen molar-refractivity contribution < 1.29 is 9.90 Å². The minimum absolute atomic E-state index is 0.155. The lowest BCUT2D eigenvalue weighted by molar-refractivity contribution is -0.137. The SMILES string of the molecule is CN(CC(=O)O)C(=S)c1cc(-c2ccccc2)nc2ccc(Br)cc12. The van der Waals surface area contributed by atoms with Gasteiger partial charge in [0.25, 0.3) is 0 Å².